The van der Waals surface area contributed by atoms with Gasteiger partial charge in [0.05, 0.1) is 4.75 Å². The molecular formula is C5H10O2S3. The molecule has 0 saturated carbocycles. The van der Waals surface area contributed by atoms with Crippen LogP contribution in [0.3, 0.4) is 0 Å². The standard InChI is InChI=1S/C5H10O2S3/c1-5(2,10-9)3-7-4(6)8/h9H,3H2,1-2H3,(H,6,8). The summed E-state index contributed by atoms with van der Waals surface area (Å²) in [5, 5.41) is -0.546. The van der Waals surface area contributed by atoms with Crippen LogP contribution in [0.1, 0.15) is 13.8 Å². The minimum Gasteiger partial charge on any atom is -0.456 e. The normalized spacial score (nSPS) is 11.2. The molecule has 2 nitrogen and oxygen atoms in total. The highest BCUT2D eigenvalue weighted by molar-refractivity contribution is 8.69. The highest BCUT2D eigenvalue weighted by atomic mass is 33.1. The van der Waals surface area contributed by atoms with Crippen molar-refractivity contribution < 1.29 is 9.53 Å². The molecule has 0 N–H and O–H groups in total. The Hall–Kier alpha value is 0.520. The van der Waals surface area contributed by atoms with E-state index >= 15 is 0 Å². The van der Waals surface area contributed by atoms with Crippen LogP contribution in [-0.4, -0.2) is 16.7 Å². The Kier molecular flexibility index (Phi) is 4.64. The first kappa shape index (κ1) is 10.5. The van der Waals surface area contributed by atoms with Gasteiger partial charge < -0.3 is 4.74 Å². The number of ether oxygens (including phenoxy) is 1. The molecule has 0 aromatic heterocycles. The van der Waals surface area contributed by atoms with E-state index in [1.807, 2.05) is 13.8 Å². The second kappa shape index (κ2) is 4.41. The number of rotatable bonds is 3. The van der Waals surface area contributed by atoms with Gasteiger partial charge in [-0.3, -0.25) is 0 Å². The average Bonchev–Trinajstić information content (AvgIpc) is 1.85. The third kappa shape index (κ3) is 5.32. The summed E-state index contributed by atoms with van der Waals surface area (Å²) < 4.78 is 4.52. The van der Waals surface area contributed by atoms with Gasteiger partial charge in [-0.1, -0.05) is 23.4 Å². The predicted octanol–water partition coefficient (Wildman–Crippen LogP) is 2.41. The van der Waals surface area contributed by atoms with Gasteiger partial charge >= 0.3 is 5.30 Å². The fourth-order valence-electron chi connectivity index (χ4n) is 0.262. The van der Waals surface area contributed by atoms with Crippen molar-refractivity contribution >= 4 is 40.4 Å². The molecule has 0 amide bonds. The van der Waals surface area contributed by atoms with Gasteiger partial charge in [0.2, 0.25) is 0 Å². The lowest BCUT2D eigenvalue weighted by Crippen LogP contribution is -2.21. The molecule has 5 heteroatoms. The lowest BCUT2D eigenvalue weighted by Gasteiger charge is -2.19. The quantitative estimate of drug-likeness (QED) is 0.414. The van der Waals surface area contributed by atoms with E-state index in [1.54, 1.807) is 0 Å². The van der Waals surface area contributed by atoms with Crippen molar-refractivity contribution in [1.29, 1.82) is 0 Å². The number of thiol groups is 2. The van der Waals surface area contributed by atoms with Crippen LogP contribution in [-0.2, 0) is 4.74 Å². The van der Waals surface area contributed by atoms with Crippen LogP contribution in [0.5, 0.6) is 0 Å². The van der Waals surface area contributed by atoms with Crippen LogP contribution in [0.15, 0.2) is 0 Å². The van der Waals surface area contributed by atoms with Crippen molar-refractivity contribution in [2.75, 3.05) is 6.61 Å². The summed E-state index contributed by atoms with van der Waals surface area (Å²) in [6, 6.07) is 0. The van der Waals surface area contributed by atoms with Crippen LogP contribution in [0, 0.1) is 0 Å². The molecule has 0 aliphatic heterocycles. The van der Waals surface area contributed by atoms with E-state index in [0.717, 1.165) is 0 Å². The maximum absolute atomic E-state index is 10.2. The summed E-state index contributed by atoms with van der Waals surface area (Å²) in [5.74, 6) is 0. The van der Waals surface area contributed by atoms with E-state index in [4.69, 9.17) is 0 Å². The first-order valence-electron chi connectivity index (χ1n) is 2.66. The Morgan fingerprint density at radius 3 is 2.50 bits per heavy atom. The van der Waals surface area contributed by atoms with E-state index in [1.165, 1.54) is 10.8 Å². The number of carbonyl (C=O) groups is 1. The fourth-order valence-corrected chi connectivity index (χ4v) is 0.596. The van der Waals surface area contributed by atoms with E-state index in [2.05, 4.69) is 29.0 Å². The molecular weight excluding hydrogens is 188 g/mol. The molecule has 0 radical (unpaired) electrons. The van der Waals surface area contributed by atoms with Gasteiger partial charge in [0, 0.05) is 0 Å². The zero-order valence-electron chi connectivity index (χ0n) is 5.83. The Bertz CT molecular complexity index is 124. The SMILES string of the molecule is CC(C)(COC(=O)S)SS. The third-order valence-electron chi connectivity index (χ3n) is 0.790. The lowest BCUT2D eigenvalue weighted by atomic mass is 10.2. The molecule has 0 aromatic rings. The molecule has 0 rings (SSSR count). The second-order valence-corrected chi connectivity index (χ2v) is 4.61. The molecule has 0 heterocycles. The molecule has 0 fully saturated rings. The molecule has 0 saturated heterocycles. The third-order valence-corrected chi connectivity index (χ3v) is 3.01. The second-order valence-electron chi connectivity index (χ2n) is 2.41. The fraction of sp³-hybridized carbons (Fsp3) is 0.800. The molecule has 0 aliphatic rings. The summed E-state index contributed by atoms with van der Waals surface area (Å²) in [5.41, 5.74) is 0. The minimum absolute atomic E-state index is 0.137. The molecule has 60 valence electrons. The number of carbonyl (C=O) groups excluding carboxylic acids is 1. The zero-order chi connectivity index (χ0) is 8.20. The maximum Gasteiger partial charge on any atom is 0.364 e. The summed E-state index contributed by atoms with van der Waals surface area (Å²) in [7, 11) is 1.35. The molecule has 0 atom stereocenters. The van der Waals surface area contributed by atoms with Crippen molar-refractivity contribution in [3.05, 3.63) is 0 Å². The predicted molar refractivity (Wildman–Crippen MR) is 51.0 cm³/mol. The van der Waals surface area contributed by atoms with Gasteiger partial charge in [0.25, 0.3) is 0 Å². The van der Waals surface area contributed by atoms with Gasteiger partial charge in [0.1, 0.15) is 6.61 Å². The van der Waals surface area contributed by atoms with Crippen LogP contribution in [0.2, 0.25) is 0 Å². The van der Waals surface area contributed by atoms with E-state index in [9.17, 15) is 4.79 Å². The molecule has 10 heavy (non-hydrogen) atoms. The Morgan fingerprint density at radius 1 is 1.70 bits per heavy atom. The van der Waals surface area contributed by atoms with E-state index in [0.29, 0.717) is 6.61 Å². The summed E-state index contributed by atoms with van der Waals surface area (Å²) in [6.45, 7) is 4.20. The smallest absolute Gasteiger partial charge is 0.364 e. The van der Waals surface area contributed by atoms with Crippen molar-refractivity contribution in [2.24, 2.45) is 0 Å². The van der Waals surface area contributed by atoms with Crippen LogP contribution >= 0.6 is 35.1 Å². The average molecular weight is 198 g/mol. The highest BCUT2D eigenvalue weighted by Gasteiger charge is 2.18. The minimum atomic E-state index is -0.546. The molecule has 0 unspecified atom stereocenters. The molecule has 0 bridgehead atoms. The Balaban J connectivity index is 3.56. The molecule has 0 aromatic carbocycles. The highest BCUT2D eigenvalue weighted by Crippen LogP contribution is 2.27. The molecule has 0 aliphatic carbocycles. The largest absolute Gasteiger partial charge is 0.456 e. The van der Waals surface area contributed by atoms with Crippen molar-refractivity contribution in [1.82, 2.24) is 0 Å². The molecule has 0 spiro atoms. The van der Waals surface area contributed by atoms with Gasteiger partial charge in [-0.05, 0) is 13.8 Å². The van der Waals surface area contributed by atoms with Gasteiger partial charge in [-0.15, -0.1) is 11.7 Å². The summed E-state index contributed by atoms with van der Waals surface area (Å²) in [4.78, 5) is 10.2. The Labute approximate surface area is 75.3 Å². The van der Waals surface area contributed by atoms with Crippen molar-refractivity contribution in [2.45, 2.75) is 18.6 Å². The lowest BCUT2D eigenvalue weighted by molar-refractivity contribution is 0.167. The Morgan fingerprint density at radius 2 is 2.20 bits per heavy atom. The van der Waals surface area contributed by atoms with Crippen molar-refractivity contribution in [3.8, 4) is 0 Å². The zero-order valence-corrected chi connectivity index (χ0v) is 8.43. The van der Waals surface area contributed by atoms with Crippen molar-refractivity contribution in [3.63, 3.8) is 0 Å². The van der Waals surface area contributed by atoms with E-state index in [-0.39, 0.29) is 4.75 Å². The first-order valence-corrected chi connectivity index (χ1v) is 4.98. The van der Waals surface area contributed by atoms with E-state index < -0.39 is 5.30 Å². The van der Waals surface area contributed by atoms with Gasteiger partial charge in [0.15, 0.2) is 0 Å². The topological polar surface area (TPSA) is 26.3 Å². The maximum atomic E-state index is 10.2. The summed E-state index contributed by atoms with van der Waals surface area (Å²) in [6.07, 6.45) is 0. The van der Waals surface area contributed by atoms with Gasteiger partial charge in [-0.2, -0.15) is 0 Å². The number of hydrogen-bond donors (Lipinski definition) is 2. The van der Waals surface area contributed by atoms with Crippen LogP contribution < -0.4 is 0 Å². The number of hydrogen-bond acceptors (Lipinski definition) is 4. The monoisotopic (exact) mass is 198 g/mol. The van der Waals surface area contributed by atoms with Crippen LogP contribution in [0.4, 0.5) is 4.79 Å². The van der Waals surface area contributed by atoms with Crippen LogP contribution in [0.25, 0.3) is 0 Å². The summed E-state index contributed by atoms with van der Waals surface area (Å²) >= 11 is 7.46. The van der Waals surface area contributed by atoms with Gasteiger partial charge in [-0.25, -0.2) is 4.79 Å². The first-order chi connectivity index (χ1) is 4.48.